The second kappa shape index (κ2) is 9.56. The molecule has 4 aromatic rings. The van der Waals surface area contributed by atoms with Crippen LogP contribution in [0.4, 0.5) is 5.69 Å². The highest BCUT2D eigenvalue weighted by Gasteiger charge is 2.18. The number of aliphatic carboxylic acids is 1. The summed E-state index contributed by atoms with van der Waals surface area (Å²) in [6.07, 6.45) is 0. The Balaban J connectivity index is 1.80. The van der Waals surface area contributed by atoms with E-state index < -0.39 is 15.9 Å². The van der Waals surface area contributed by atoms with Crippen molar-refractivity contribution in [2.24, 2.45) is 4.36 Å². The maximum absolute atomic E-state index is 14.0. The minimum atomic E-state index is -3.07. The Bertz CT molecular complexity index is 1450. The number of carbonyl (C=O) groups is 1. The zero-order valence-electron chi connectivity index (χ0n) is 17.8. The van der Waals surface area contributed by atoms with E-state index in [1.165, 1.54) is 7.05 Å². The summed E-state index contributed by atoms with van der Waals surface area (Å²) in [4.78, 5) is 12.0. The van der Waals surface area contributed by atoms with Crippen molar-refractivity contribution in [1.29, 1.82) is 0 Å². The largest absolute Gasteiger partial charge is 0.506 e. The highest BCUT2D eigenvalue weighted by molar-refractivity contribution is 8.00. The maximum Gasteiger partial charge on any atom is 0.313 e. The standard InChI is InChI=1S/C25H22N2O4S2/c1-26-33(31,19-11-7-10-18(14-19)17-8-3-2-4-9-17)27-22-15-23(32-16-24(28)29)25(30)21-13-6-5-12-20(21)22/h2-15,30H,16H2,1H3,(H,28,29)(H,26,27,31). The van der Waals surface area contributed by atoms with Crippen molar-refractivity contribution in [3.8, 4) is 16.9 Å². The molecule has 1 atom stereocenters. The molecular weight excluding hydrogens is 456 g/mol. The number of thioether (sulfide) groups is 1. The Labute approximate surface area is 196 Å². The van der Waals surface area contributed by atoms with E-state index in [1.807, 2.05) is 54.6 Å². The van der Waals surface area contributed by atoms with Crippen LogP contribution in [0.1, 0.15) is 0 Å². The van der Waals surface area contributed by atoms with Gasteiger partial charge in [-0.3, -0.25) is 9.52 Å². The lowest BCUT2D eigenvalue weighted by Gasteiger charge is -2.18. The lowest BCUT2D eigenvalue weighted by Crippen LogP contribution is -2.13. The van der Waals surface area contributed by atoms with Crippen molar-refractivity contribution in [3.05, 3.63) is 84.9 Å². The Kier molecular flexibility index (Phi) is 6.57. The van der Waals surface area contributed by atoms with Gasteiger partial charge < -0.3 is 10.2 Å². The predicted molar refractivity (Wildman–Crippen MR) is 134 cm³/mol. The van der Waals surface area contributed by atoms with Gasteiger partial charge in [-0.2, -0.15) is 0 Å². The Hall–Kier alpha value is -3.49. The van der Waals surface area contributed by atoms with Crippen molar-refractivity contribution >= 4 is 44.1 Å². The lowest BCUT2D eigenvalue weighted by molar-refractivity contribution is -0.133. The van der Waals surface area contributed by atoms with E-state index in [0.717, 1.165) is 22.9 Å². The fraction of sp³-hybridized carbons (Fsp3) is 0.0800. The molecule has 6 nitrogen and oxygen atoms in total. The number of aromatic hydroxyl groups is 1. The molecule has 0 bridgehead atoms. The quantitative estimate of drug-likeness (QED) is 0.228. The third-order valence-electron chi connectivity index (χ3n) is 5.10. The first-order chi connectivity index (χ1) is 15.9. The van der Waals surface area contributed by atoms with Crippen LogP contribution in [0, 0.1) is 0 Å². The summed E-state index contributed by atoms with van der Waals surface area (Å²) in [5.74, 6) is -1.21. The molecule has 33 heavy (non-hydrogen) atoms. The van der Waals surface area contributed by atoms with Gasteiger partial charge in [0.15, 0.2) is 9.92 Å². The first-order valence-corrected chi connectivity index (χ1v) is 12.6. The second-order valence-corrected chi connectivity index (χ2v) is 10.3. The summed E-state index contributed by atoms with van der Waals surface area (Å²) >= 11 is 1.00. The molecule has 4 aromatic carbocycles. The van der Waals surface area contributed by atoms with Crippen molar-refractivity contribution in [2.75, 3.05) is 17.5 Å². The molecule has 0 radical (unpaired) electrons. The van der Waals surface area contributed by atoms with Gasteiger partial charge in [-0.25, -0.2) is 8.57 Å². The topological polar surface area (TPSA) is 99.0 Å². The van der Waals surface area contributed by atoms with Gasteiger partial charge in [0, 0.05) is 17.8 Å². The molecule has 0 aromatic heterocycles. The minimum absolute atomic E-state index is 0.00610. The monoisotopic (exact) mass is 478 g/mol. The zero-order chi connectivity index (χ0) is 23.4. The average Bonchev–Trinajstić information content (AvgIpc) is 2.85. The van der Waals surface area contributed by atoms with Crippen LogP contribution in [-0.2, 0) is 14.7 Å². The summed E-state index contributed by atoms with van der Waals surface area (Å²) in [7, 11) is -1.58. The molecule has 0 saturated heterocycles. The van der Waals surface area contributed by atoms with Gasteiger partial charge in [-0.1, -0.05) is 66.7 Å². The molecule has 3 N–H and O–H groups in total. The van der Waals surface area contributed by atoms with Crippen LogP contribution in [0.3, 0.4) is 0 Å². The molecule has 0 aliphatic heterocycles. The number of nitrogens with one attached hydrogen (secondary N) is 1. The maximum atomic E-state index is 14.0. The van der Waals surface area contributed by atoms with Gasteiger partial charge in [0.25, 0.3) is 0 Å². The molecular formula is C25H22N2O4S2. The number of hydrogen-bond donors (Lipinski definition) is 3. The fourth-order valence-corrected chi connectivity index (χ4v) is 5.67. The van der Waals surface area contributed by atoms with Crippen LogP contribution in [0.5, 0.6) is 5.75 Å². The summed E-state index contributed by atoms with van der Waals surface area (Å²) in [6.45, 7) is 0. The summed E-state index contributed by atoms with van der Waals surface area (Å²) in [5, 5.41) is 20.9. The number of rotatable bonds is 7. The Morgan fingerprint density at radius 1 is 0.939 bits per heavy atom. The fourth-order valence-electron chi connectivity index (χ4n) is 3.51. The van der Waals surface area contributed by atoms with Crippen molar-refractivity contribution in [1.82, 2.24) is 0 Å². The number of phenolic OH excluding ortho intramolecular Hbond substituents is 1. The van der Waals surface area contributed by atoms with E-state index in [4.69, 9.17) is 5.11 Å². The van der Waals surface area contributed by atoms with Gasteiger partial charge in [-0.15, -0.1) is 11.8 Å². The van der Waals surface area contributed by atoms with Crippen molar-refractivity contribution in [2.45, 2.75) is 9.79 Å². The predicted octanol–water partition coefficient (Wildman–Crippen LogP) is 5.87. The van der Waals surface area contributed by atoms with E-state index in [9.17, 15) is 14.1 Å². The Morgan fingerprint density at radius 2 is 1.61 bits per heavy atom. The molecule has 0 aliphatic rings. The first kappa shape index (κ1) is 22.7. The number of nitrogens with zero attached hydrogens (tertiary/aromatic N) is 1. The van der Waals surface area contributed by atoms with Crippen LogP contribution >= 0.6 is 11.8 Å². The van der Waals surface area contributed by atoms with Crippen molar-refractivity contribution in [3.63, 3.8) is 0 Å². The molecule has 0 fully saturated rings. The molecule has 1 unspecified atom stereocenters. The number of phenols is 1. The number of carboxylic acids is 1. The van der Waals surface area contributed by atoms with E-state index >= 15 is 0 Å². The van der Waals surface area contributed by atoms with Crippen LogP contribution in [0.25, 0.3) is 21.9 Å². The molecule has 8 heteroatoms. The normalized spacial score (nSPS) is 12.8. The van der Waals surface area contributed by atoms with Gasteiger partial charge in [-0.05, 0) is 29.3 Å². The van der Waals surface area contributed by atoms with Gasteiger partial charge in [0.1, 0.15) is 5.75 Å². The molecule has 0 aliphatic carbocycles. The number of fused-ring (bicyclic) bond motifs is 1. The van der Waals surface area contributed by atoms with Crippen molar-refractivity contribution < 1.29 is 19.2 Å². The lowest BCUT2D eigenvalue weighted by atomic mass is 10.1. The smallest absolute Gasteiger partial charge is 0.313 e. The molecule has 4 rings (SSSR count). The summed E-state index contributed by atoms with van der Waals surface area (Å²) in [6, 6.07) is 26.0. The van der Waals surface area contributed by atoms with Gasteiger partial charge in [0.2, 0.25) is 0 Å². The van der Waals surface area contributed by atoms with Crippen LogP contribution in [0.15, 0.2) is 99.1 Å². The average molecular weight is 479 g/mol. The number of carboxylic acid groups (broad SMARTS) is 1. The number of hydrogen-bond acceptors (Lipinski definition) is 5. The van der Waals surface area contributed by atoms with Crippen LogP contribution in [0.2, 0.25) is 0 Å². The highest BCUT2D eigenvalue weighted by Crippen LogP contribution is 2.40. The summed E-state index contributed by atoms with van der Waals surface area (Å²) in [5.41, 5.74) is 2.41. The molecule has 0 amide bonds. The van der Waals surface area contributed by atoms with Crippen LogP contribution < -0.4 is 4.72 Å². The van der Waals surface area contributed by atoms with E-state index in [0.29, 0.717) is 26.3 Å². The van der Waals surface area contributed by atoms with Crippen LogP contribution in [-0.4, -0.2) is 33.2 Å². The molecule has 0 heterocycles. The number of anilines is 1. The third-order valence-corrected chi connectivity index (χ3v) is 8.02. The minimum Gasteiger partial charge on any atom is -0.506 e. The molecule has 0 spiro atoms. The summed E-state index contributed by atoms with van der Waals surface area (Å²) < 4.78 is 21.3. The third kappa shape index (κ3) is 4.81. The second-order valence-electron chi connectivity index (χ2n) is 7.20. The van der Waals surface area contributed by atoms with Gasteiger partial charge >= 0.3 is 5.97 Å². The molecule has 168 valence electrons. The zero-order valence-corrected chi connectivity index (χ0v) is 19.4. The Morgan fingerprint density at radius 3 is 2.30 bits per heavy atom. The first-order valence-electron chi connectivity index (χ1n) is 10.1. The SMILES string of the molecule is CN=S(=O)(Nc1cc(SCC(=O)O)c(O)c2ccccc12)c1cccc(-c2ccccc2)c1. The highest BCUT2D eigenvalue weighted by atomic mass is 32.2. The van der Waals surface area contributed by atoms with E-state index in [-0.39, 0.29) is 11.5 Å². The number of benzene rings is 4. The van der Waals surface area contributed by atoms with E-state index in [2.05, 4.69) is 9.08 Å². The molecule has 0 saturated carbocycles. The van der Waals surface area contributed by atoms with E-state index in [1.54, 1.807) is 30.3 Å². The van der Waals surface area contributed by atoms with Gasteiger partial charge in [0.05, 0.1) is 21.2 Å².